The Morgan fingerprint density at radius 1 is 1.13 bits per heavy atom. The van der Waals surface area contributed by atoms with Crippen LogP contribution in [0.5, 0.6) is 0 Å². The van der Waals surface area contributed by atoms with Crippen LogP contribution >= 0.6 is 0 Å². The average molecular weight is 312 g/mol. The predicted octanol–water partition coefficient (Wildman–Crippen LogP) is 0.567. The highest BCUT2D eigenvalue weighted by Gasteiger charge is 2.08. The molecular weight excluding hydrogens is 292 g/mol. The fourth-order valence-corrected chi connectivity index (χ4v) is 2.38. The van der Waals surface area contributed by atoms with Crippen LogP contribution in [0.25, 0.3) is 11.0 Å². The van der Waals surface area contributed by atoms with Crippen molar-refractivity contribution in [3.8, 4) is 0 Å². The van der Waals surface area contributed by atoms with Crippen molar-refractivity contribution < 1.29 is 0 Å². The number of benzene rings is 1. The highest BCUT2D eigenvalue weighted by molar-refractivity contribution is 5.80. The minimum Gasteiger partial charge on any atom is -0.349 e. The van der Waals surface area contributed by atoms with Crippen molar-refractivity contribution in [2.75, 3.05) is 7.05 Å². The molecule has 1 aromatic carbocycles. The second-order valence-corrected chi connectivity index (χ2v) is 5.15. The lowest BCUT2D eigenvalue weighted by atomic mass is 10.3. The molecule has 8 nitrogen and oxygen atoms in total. The van der Waals surface area contributed by atoms with Gasteiger partial charge in [0.25, 0.3) is 0 Å². The van der Waals surface area contributed by atoms with E-state index in [-0.39, 0.29) is 0 Å². The van der Waals surface area contributed by atoms with Crippen molar-refractivity contribution >= 4 is 17.0 Å². The third-order valence-electron chi connectivity index (χ3n) is 3.74. The smallest absolute Gasteiger partial charge is 0.191 e. The quantitative estimate of drug-likeness (QED) is 0.543. The zero-order valence-corrected chi connectivity index (χ0v) is 13.5. The van der Waals surface area contributed by atoms with Gasteiger partial charge >= 0.3 is 0 Å². The van der Waals surface area contributed by atoms with Gasteiger partial charge in [0.1, 0.15) is 18.0 Å². The lowest BCUT2D eigenvalue weighted by molar-refractivity contribution is 0.668. The number of fused-ring (bicyclic) bond motifs is 1. The Morgan fingerprint density at radius 3 is 2.52 bits per heavy atom. The van der Waals surface area contributed by atoms with Crippen LogP contribution in [0.3, 0.4) is 0 Å². The van der Waals surface area contributed by atoms with Crippen molar-refractivity contribution in [3.63, 3.8) is 0 Å². The molecule has 0 radical (unpaired) electrons. The Balaban J connectivity index is 1.63. The van der Waals surface area contributed by atoms with Crippen LogP contribution in [0.15, 0.2) is 35.6 Å². The molecule has 2 aromatic heterocycles. The molecule has 0 spiro atoms. The molecule has 0 unspecified atom stereocenters. The van der Waals surface area contributed by atoms with Gasteiger partial charge in [0, 0.05) is 21.1 Å². The standard InChI is InChI=1S/C15H20N8/c1-16-15(17-8-13-19-10-20-23(13)3)18-9-14-21-11-6-4-5-7-12(11)22(14)2/h4-7,10H,8-9H2,1-3H3,(H2,16,17,18). The SMILES string of the molecule is CN=C(NCc1ncnn1C)NCc1nc2ccccc2n1C. The van der Waals surface area contributed by atoms with Gasteiger partial charge in [-0.15, -0.1) is 0 Å². The van der Waals surface area contributed by atoms with Gasteiger partial charge in [-0.05, 0) is 12.1 Å². The summed E-state index contributed by atoms with van der Waals surface area (Å²) in [5.74, 6) is 2.49. The average Bonchev–Trinajstić information content (AvgIpc) is 3.12. The molecule has 0 saturated carbocycles. The number of rotatable bonds is 4. The summed E-state index contributed by atoms with van der Waals surface area (Å²) in [6.45, 7) is 1.14. The van der Waals surface area contributed by atoms with E-state index < -0.39 is 0 Å². The van der Waals surface area contributed by atoms with Crippen LogP contribution in [0.2, 0.25) is 0 Å². The van der Waals surface area contributed by atoms with Crippen LogP contribution in [-0.4, -0.2) is 37.3 Å². The van der Waals surface area contributed by atoms with E-state index in [1.54, 1.807) is 11.7 Å². The van der Waals surface area contributed by atoms with Crippen LogP contribution in [0, 0.1) is 0 Å². The van der Waals surface area contributed by atoms with E-state index in [4.69, 9.17) is 0 Å². The monoisotopic (exact) mass is 312 g/mol. The van der Waals surface area contributed by atoms with E-state index in [1.165, 1.54) is 6.33 Å². The number of guanidine groups is 1. The number of aryl methyl sites for hydroxylation is 2. The molecule has 0 fully saturated rings. The first-order chi connectivity index (χ1) is 11.2. The van der Waals surface area contributed by atoms with Gasteiger partial charge in [-0.1, -0.05) is 12.1 Å². The summed E-state index contributed by atoms with van der Waals surface area (Å²) in [6, 6.07) is 8.09. The third kappa shape index (κ3) is 3.15. The molecule has 120 valence electrons. The van der Waals surface area contributed by atoms with Crippen molar-refractivity contribution in [1.82, 2.24) is 34.9 Å². The molecule has 0 atom stereocenters. The summed E-state index contributed by atoms with van der Waals surface area (Å²) in [5, 5.41) is 10.5. The largest absolute Gasteiger partial charge is 0.349 e. The third-order valence-corrected chi connectivity index (χ3v) is 3.74. The number of nitrogens with zero attached hydrogens (tertiary/aromatic N) is 6. The number of hydrogen-bond donors (Lipinski definition) is 2. The zero-order valence-electron chi connectivity index (χ0n) is 13.5. The molecule has 3 rings (SSSR count). The molecule has 8 heteroatoms. The molecule has 2 heterocycles. The maximum Gasteiger partial charge on any atom is 0.191 e. The number of aromatic nitrogens is 5. The van der Waals surface area contributed by atoms with E-state index in [9.17, 15) is 0 Å². The van der Waals surface area contributed by atoms with E-state index in [0.717, 1.165) is 22.7 Å². The number of imidazole rings is 1. The number of aliphatic imine (C=N–C) groups is 1. The normalized spacial score (nSPS) is 11.9. The maximum atomic E-state index is 4.63. The Kier molecular flexibility index (Phi) is 4.22. The summed E-state index contributed by atoms with van der Waals surface area (Å²) in [4.78, 5) is 13.0. The molecular formula is C15H20N8. The first kappa shape index (κ1) is 15.0. The summed E-state index contributed by atoms with van der Waals surface area (Å²) < 4.78 is 3.81. The Bertz CT molecular complexity index is 829. The molecule has 0 saturated heterocycles. The van der Waals surface area contributed by atoms with Crippen molar-refractivity contribution in [2.24, 2.45) is 19.1 Å². The summed E-state index contributed by atoms with van der Waals surface area (Å²) in [7, 11) is 5.61. The Hall–Kier alpha value is -2.90. The molecule has 23 heavy (non-hydrogen) atoms. The van der Waals surface area contributed by atoms with Crippen LogP contribution in [-0.2, 0) is 27.2 Å². The molecule has 0 aliphatic rings. The van der Waals surface area contributed by atoms with E-state index in [2.05, 4.69) is 41.3 Å². The van der Waals surface area contributed by atoms with Crippen molar-refractivity contribution in [3.05, 3.63) is 42.2 Å². The van der Waals surface area contributed by atoms with Gasteiger partial charge in [-0.25, -0.2) is 9.97 Å². The second kappa shape index (κ2) is 6.47. The topological polar surface area (TPSA) is 84.9 Å². The number of para-hydroxylation sites is 2. The number of hydrogen-bond acceptors (Lipinski definition) is 4. The Morgan fingerprint density at radius 2 is 1.87 bits per heavy atom. The molecule has 0 amide bonds. The van der Waals surface area contributed by atoms with E-state index >= 15 is 0 Å². The minimum absolute atomic E-state index is 0.554. The lowest BCUT2D eigenvalue weighted by Gasteiger charge is -2.11. The van der Waals surface area contributed by atoms with E-state index in [0.29, 0.717) is 19.0 Å². The fraction of sp³-hybridized carbons (Fsp3) is 0.333. The molecule has 0 bridgehead atoms. The van der Waals surface area contributed by atoms with Gasteiger partial charge in [-0.3, -0.25) is 9.67 Å². The summed E-state index contributed by atoms with van der Waals surface area (Å²) in [6.07, 6.45) is 1.53. The maximum absolute atomic E-state index is 4.63. The first-order valence-electron chi connectivity index (χ1n) is 7.36. The predicted molar refractivity (Wildman–Crippen MR) is 88.8 cm³/mol. The van der Waals surface area contributed by atoms with Gasteiger partial charge in [-0.2, -0.15) is 5.10 Å². The van der Waals surface area contributed by atoms with Crippen LogP contribution in [0.1, 0.15) is 11.6 Å². The highest BCUT2D eigenvalue weighted by Crippen LogP contribution is 2.13. The molecule has 2 N–H and O–H groups in total. The second-order valence-electron chi connectivity index (χ2n) is 5.15. The lowest BCUT2D eigenvalue weighted by Crippen LogP contribution is -2.37. The fourth-order valence-electron chi connectivity index (χ4n) is 2.38. The van der Waals surface area contributed by atoms with E-state index in [1.807, 2.05) is 32.3 Å². The Labute approximate surface area is 134 Å². The van der Waals surface area contributed by atoms with Gasteiger partial charge in [0.2, 0.25) is 0 Å². The van der Waals surface area contributed by atoms with Crippen molar-refractivity contribution in [2.45, 2.75) is 13.1 Å². The first-order valence-corrected chi connectivity index (χ1v) is 7.36. The zero-order chi connectivity index (χ0) is 16.2. The molecule has 0 aliphatic carbocycles. The van der Waals surface area contributed by atoms with Crippen LogP contribution in [0.4, 0.5) is 0 Å². The van der Waals surface area contributed by atoms with Gasteiger partial charge in [0.15, 0.2) is 5.96 Å². The van der Waals surface area contributed by atoms with Gasteiger partial charge in [0.05, 0.1) is 24.1 Å². The summed E-state index contributed by atoms with van der Waals surface area (Å²) in [5.41, 5.74) is 2.11. The van der Waals surface area contributed by atoms with Crippen molar-refractivity contribution in [1.29, 1.82) is 0 Å². The van der Waals surface area contributed by atoms with Gasteiger partial charge < -0.3 is 15.2 Å². The minimum atomic E-state index is 0.554. The highest BCUT2D eigenvalue weighted by atomic mass is 15.3. The van der Waals surface area contributed by atoms with Crippen LogP contribution < -0.4 is 10.6 Å². The number of nitrogens with one attached hydrogen (secondary N) is 2. The summed E-state index contributed by atoms with van der Waals surface area (Å²) >= 11 is 0. The molecule has 0 aliphatic heterocycles. The molecule has 3 aromatic rings.